The highest BCUT2D eigenvalue weighted by Gasteiger charge is 2.06. The van der Waals surface area contributed by atoms with Crippen LogP contribution in [0.25, 0.3) is 10.9 Å². The van der Waals surface area contributed by atoms with Gasteiger partial charge in [-0.25, -0.2) is 0 Å². The van der Waals surface area contributed by atoms with Crippen LogP contribution in [0.1, 0.15) is 18.5 Å². The Hall–Kier alpha value is -2.00. The molecule has 1 aromatic heterocycles. The summed E-state index contributed by atoms with van der Waals surface area (Å²) in [5, 5.41) is 12.3. The molecule has 3 rings (SSSR count). The van der Waals surface area contributed by atoms with E-state index in [1.54, 1.807) is 0 Å². The molecule has 0 amide bonds. The third-order valence-corrected chi connectivity index (χ3v) is 3.45. The van der Waals surface area contributed by atoms with E-state index < -0.39 is 0 Å². The van der Waals surface area contributed by atoms with Crippen molar-refractivity contribution in [3.8, 4) is 0 Å². The van der Waals surface area contributed by atoms with Gasteiger partial charge in [0.25, 0.3) is 0 Å². The molecule has 0 saturated heterocycles. The lowest BCUT2D eigenvalue weighted by molar-refractivity contribution is 0.885. The Labute approximate surface area is 116 Å². The number of aromatic amines is 1. The topological polar surface area (TPSA) is 40.7 Å². The summed E-state index contributed by atoms with van der Waals surface area (Å²) in [4.78, 5) is 0. The molecule has 0 aliphatic heterocycles. The Bertz CT molecular complexity index is 688. The molecule has 1 heterocycles. The molecule has 0 radical (unpaired) electrons. The van der Waals surface area contributed by atoms with Gasteiger partial charge in [-0.2, -0.15) is 5.10 Å². The van der Waals surface area contributed by atoms with Gasteiger partial charge in [-0.05, 0) is 42.8 Å². The second-order valence-corrected chi connectivity index (χ2v) is 5.03. The van der Waals surface area contributed by atoms with E-state index >= 15 is 0 Å². The van der Waals surface area contributed by atoms with Gasteiger partial charge >= 0.3 is 0 Å². The number of fused-ring (bicyclic) bond motifs is 1. The molecule has 4 heteroatoms. The number of rotatable bonds is 3. The Morgan fingerprint density at radius 3 is 2.74 bits per heavy atom. The first-order chi connectivity index (χ1) is 9.22. The molecular formula is C15H14ClN3. The van der Waals surface area contributed by atoms with Crippen LogP contribution in [0.2, 0.25) is 5.02 Å². The van der Waals surface area contributed by atoms with Gasteiger partial charge in [0.2, 0.25) is 0 Å². The Balaban J connectivity index is 1.81. The Kier molecular flexibility index (Phi) is 3.13. The van der Waals surface area contributed by atoms with Crippen LogP contribution < -0.4 is 5.32 Å². The van der Waals surface area contributed by atoms with Crippen LogP contribution in [-0.4, -0.2) is 10.2 Å². The molecule has 0 aliphatic carbocycles. The molecule has 0 saturated carbocycles. The van der Waals surface area contributed by atoms with Gasteiger partial charge in [0.15, 0.2) is 0 Å². The molecule has 0 fully saturated rings. The molecule has 0 spiro atoms. The third-order valence-electron chi connectivity index (χ3n) is 3.19. The largest absolute Gasteiger partial charge is 0.379 e. The predicted molar refractivity (Wildman–Crippen MR) is 79.6 cm³/mol. The fourth-order valence-electron chi connectivity index (χ4n) is 2.12. The average Bonchev–Trinajstić information content (AvgIpc) is 2.87. The number of hydrogen-bond acceptors (Lipinski definition) is 2. The lowest BCUT2D eigenvalue weighted by atomic mass is 10.1. The van der Waals surface area contributed by atoms with Gasteiger partial charge in [0, 0.05) is 22.1 Å². The SMILES string of the molecule is CC(Nc1ccc2[nH]ncc2c1)c1ccc(Cl)cc1. The van der Waals surface area contributed by atoms with Crippen LogP contribution in [0.15, 0.2) is 48.7 Å². The molecule has 3 nitrogen and oxygen atoms in total. The second kappa shape index (κ2) is 4.94. The number of benzene rings is 2. The summed E-state index contributed by atoms with van der Waals surface area (Å²) >= 11 is 5.90. The van der Waals surface area contributed by atoms with Crippen molar-refractivity contribution >= 4 is 28.2 Å². The minimum atomic E-state index is 0.224. The monoisotopic (exact) mass is 271 g/mol. The predicted octanol–water partition coefficient (Wildman–Crippen LogP) is 4.39. The van der Waals surface area contributed by atoms with Gasteiger partial charge in [0.1, 0.15) is 0 Å². The fourth-order valence-corrected chi connectivity index (χ4v) is 2.24. The number of hydrogen-bond donors (Lipinski definition) is 2. The Morgan fingerprint density at radius 1 is 1.16 bits per heavy atom. The van der Waals surface area contributed by atoms with Gasteiger partial charge in [-0.15, -0.1) is 0 Å². The van der Waals surface area contributed by atoms with Crippen LogP contribution in [0.5, 0.6) is 0 Å². The first-order valence-electron chi connectivity index (χ1n) is 6.17. The third kappa shape index (κ3) is 2.56. The molecule has 3 aromatic rings. The normalized spacial score (nSPS) is 12.5. The van der Waals surface area contributed by atoms with E-state index in [1.807, 2.05) is 42.6 Å². The highest BCUT2D eigenvalue weighted by Crippen LogP contribution is 2.23. The summed E-state index contributed by atoms with van der Waals surface area (Å²) in [6.07, 6.45) is 1.83. The number of halogens is 1. The number of H-pyrrole nitrogens is 1. The van der Waals surface area contributed by atoms with Crippen molar-refractivity contribution in [3.63, 3.8) is 0 Å². The van der Waals surface area contributed by atoms with Crippen molar-refractivity contribution < 1.29 is 0 Å². The maximum Gasteiger partial charge on any atom is 0.0651 e. The van der Waals surface area contributed by atoms with E-state index in [4.69, 9.17) is 11.6 Å². The maximum absolute atomic E-state index is 5.90. The maximum atomic E-state index is 5.90. The second-order valence-electron chi connectivity index (χ2n) is 4.59. The summed E-state index contributed by atoms with van der Waals surface area (Å²) in [7, 11) is 0. The molecule has 1 unspecified atom stereocenters. The van der Waals surface area contributed by atoms with Crippen molar-refractivity contribution in [3.05, 3.63) is 59.2 Å². The average molecular weight is 272 g/mol. The van der Waals surface area contributed by atoms with Crippen LogP contribution in [0.3, 0.4) is 0 Å². The van der Waals surface area contributed by atoms with E-state index in [9.17, 15) is 0 Å². The van der Waals surface area contributed by atoms with Crippen LogP contribution in [-0.2, 0) is 0 Å². The zero-order valence-corrected chi connectivity index (χ0v) is 11.3. The van der Waals surface area contributed by atoms with Gasteiger partial charge in [0.05, 0.1) is 11.7 Å². The molecule has 0 aliphatic rings. The molecular weight excluding hydrogens is 258 g/mol. The van der Waals surface area contributed by atoms with Crippen molar-refractivity contribution in [2.75, 3.05) is 5.32 Å². The Morgan fingerprint density at radius 2 is 1.95 bits per heavy atom. The summed E-state index contributed by atoms with van der Waals surface area (Å²) in [6, 6.07) is 14.3. The summed E-state index contributed by atoms with van der Waals surface area (Å²) in [6.45, 7) is 2.13. The first-order valence-corrected chi connectivity index (χ1v) is 6.55. The van der Waals surface area contributed by atoms with Crippen LogP contribution >= 0.6 is 11.6 Å². The minimum absolute atomic E-state index is 0.224. The summed E-state index contributed by atoms with van der Waals surface area (Å²) in [5.74, 6) is 0. The highest BCUT2D eigenvalue weighted by atomic mass is 35.5. The fraction of sp³-hybridized carbons (Fsp3) is 0.133. The minimum Gasteiger partial charge on any atom is -0.379 e. The van der Waals surface area contributed by atoms with Gasteiger partial charge in [-0.3, -0.25) is 5.10 Å². The van der Waals surface area contributed by atoms with E-state index in [0.29, 0.717) is 0 Å². The molecule has 2 aromatic carbocycles. The zero-order chi connectivity index (χ0) is 13.2. The van der Waals surface area contributed by atoms with Crippen molar-refractivity contribution in [2.24, 2.45) is 0 Å². The van der Waals surface area contributed by atoms with Crippen molar-refractivity contribution in [1.82, 2.24) is 10.2 Å². The number of aromatic nitrogens is 2. The van der Waals surface area contributed by atoms with E-state index in [-0.39, 0.29) is 6.04 Å². The van der Waals surface area contributed by atoms with Crippen molar-refractivity contribution in [2.45, 2.75) is 13.0 Å². The smallest absolute Gasteiger partial charge is 0.0651 e. The highest BCUT2D eigenvalue weighted by molar-refractivity contribution is 6.30. The molecule has 2 N–H and O–H groups in total. The molecule has 96 valence electrons. The van der Waals surface area contributed by atoms with E-state index in [0.717, 1.165) is 21.6 Å². The molecule has 1 atom stereocenters. The lowest BCUT2D eigenvalue weighted by Gasteiger charge is -2.15. The number of nitrogens with zero attached hydrogens (tertiary/aromatic N) is 1. The van der Waals surface area contributed by atoms with Crippen molar-refractivity contribution in [1.29, 1.82) is 0 Å². The van der Waals surface area contributed by atoms with Crippen LogP contribution in [0.4, 0.5) is 5.69 Å². The first kappa shape index (κ1) is 12.1. The van der Waals surface area contributed by atoms with E-state index in [1.165, 1.54) is 5.56 Å². The molecule has 0 bridgehead atoms. The standard InChI is InChI=1S/C15H14ClN3/c1-10(11-2-4-13(16)5-3-11)18-14-6-7-15-12(8-14)9-17-19-15/h2-10,18H,1H3,(H,17,19). The summed E-state index contributed by atoms with van der Waals surface area (Å²) < 4.78 is 0. The molecule has 19 heavy (non-hydrogen) atoms. The van der Waals surface area contributed by atoms with Gasteiger partial charge < -0.3 is 5.32 Å². The lowest BCUT2D eigenvalue weighted by Crippen LogP contribution is -2.06. The van der Waals surface area contributed by atoms with Crippen LogP contribution in [0, 0.1) is 0 Å². The quantitative estimate of drug-likeness (QED) is 0.742. The van der Waals surface area contributed by atoms with Gasteiger partial charge in [-0.1, -0.05) is 23.7 Å². The van der Waals surface area contributed by atoms with E-state index in [2.05, 4.69) is 28.5 Å². The number of nitrogens with one attached hydrogen (secondary N) is 2. The number of anilines is 1. The zero-order valence-electron chi connectivity index (χ0n) is 10.5. The summed E-state index contributed by atoms with van der Waals surface area (Å²) in [5.41, 5.74) is 3.33.